The van der Waals surface area contributed by atoms with Crippen LogP contribution in [-0.2, 0) is 4.79 Å². The molecule has 1 aromatic rings. The number of hydrogen-bond donors (Lipinski definition) is 2. The first-order chi connectivity index (χ1) is 8.63. The third kappa shape index (κ3) is 2.62. The Hall–Kier alpha value is -1.20. The van der Waals surface area contributed by atoms with E-state index in [2.05, 4.69) is 26.6 Å². The van der Waals surface area contributed by atoms with Crippen LogP contribution in [0.2, 0.25) is 0 Å². The van der Waals surface area contributed by atoms with E-state index in [9.17, 15) is 9.59 Å². The van der Waals surface area contributed by atoms with E-state index in [4.69, 9.17) is 0 Å². The predicted molar refractivity (Wildman–Crippen MR) is 72.4 cm³/mol. The number of benzene rings is 1. The van der Waals surface area contributed by atoms with Crippen molar-refractivity contribution in [2.45, 2.75) is 12.5 Å². The van der Waals surface area contributed by atoms with E-state index in [-0.39, 0.29) is 23.7 Å². The fourth-order valence-corrected chi connectivity index (χ4v) is 2.67. The molecular weight excluding hydrogens is 296 g/mol. The second kappa shape index (κ2) is 5.63. The number of carbonyl (C=O) groups is 2. The lowest BCUT2D eigenvalue weighted by Gasteiger charge is -2.09. The average Bonchev–Trinajstić information content (AvgIpc) is 2.87. The molecule has 1 saturated heterocycles. The molecule has 1 fully saturated rings. The zero-order valence-corrected chi connectivity index (χ0v) is 11.7. The normalized spacial score (nSPS) is 22.8. The summed E-state index contributed by atoms with van der Waals surface area (Å²) >= 11 is 3.38. The van der Waals surface area contributed by atoms with Crippen LogP contribution in [0.4, 0.5) is 0 Å². The van der Waals surface area contributed by atoms with Crippen molar-refractivity contribution < 1.29 is 9.59 Å². The number of Topliss-reactive ketones (excluding diaryl/α,β-unsaturated/α-hetero) is 1. The molecule has 1 aliphatic rings. The van der Waals surface area contributed by atoms with Gasteiger partial charge in [-0.25, -0.2) is 0 Å². The highest BCUT2D eigenvalue weighted by molar-refractivity contribution is 9.10. The van der Waals surface area contributed by atoms with Gasteiger partial charge in [-0.15, -0.1) is 0 Å². The molecule has 4 nitrogen and oxygen atoms in total. The van der Waals surface area contributed by atoms with Gasteiger partial charge in [-0.3, -0.25) is 9.59 Å². The van der Waals surface area contributed by atoms with Crippen LogP contribution in [0.3, 0.4) is 0 Å². The first-order valence-corrected chi connectivity index (χ1v) is 6.66. The van der Waals surface area contributed by atoms with Crippen molar-refractivity contribution in [3.63, 3.8) is 0 Å². The Labute approximate surface area is 114 Å². The van der Waals surface area contributed by atoms with Gasteiger partial charge in [-0.05, 0) is 12.5 Å². The number of ketones is 1. The molecule has 2 N–H and O–H groups in total. The van der Waals surface area contributed by atoms with Crippen LogP contribution in [-0.4, -0.2) is 31.3 Å². The Balaban J connectivity index is 2.08. The number of hydrogen-bond acceptors (Lipinski definition) is 3. The van der Waals surface area contributed by atoms with E-state index in [0.717, 1.165) is 4.47 Å². The molecule has 0 aliphatic carbocycles. The molecule has 1 aliphatic heterocycles. The average molecular weight is 311 g/mol. The van der Waals surface area contributed by atoms with Gasteiger partial charge in [0.25, 0.3) is 0 Å². The smallest absolute Gasteiger partial charge is 0.236 e. The number of halogens is 1. The number of nitrogens with one attached hydrogen (secondary N) is 2. The monoisotopic (exact) mass is 310 g/mol. The minimum absolute atomic E-state index is 0.0579. The van der Waals surface area contributed by atoms with Gasteiger partial charge < -0.3 is 10.6 Å². The van der Waals surface area contributed by atoms with Gasteiger partial charge in [0, 0.05) is 29.5 Å². The fourth-order valence-electron chi connectivity index (χ4n) is 2.19. The molecule has 1 aromatic carbocycles. The third-order valence-corrected chi connectivity index (χ3v) is 3.90. The van der Waals surface area contributed by atoms with Crippen molar-refractivity contribution in [2.24, 2.45) is 5.92 Å². The quantitative estimate of drug-likeness (QED) is 0.829. The van der Waals surface area contributed by atoms with Crippen LogP contribution >= 0.6 is 15.9 Å². The van der Waals surface area contributed by atoms with E-state index in [1.165, 1.54) is 0 Å². The highest BCUT2D eigenvalue weighted by atomic mass is 79.9. The van der Waals surface area contributed by atoms with Crippen LogP contribution in [0.1, 0.15) is 16.8 Å². The van der Waals surface area contributed by atoms with Crippen molar-refractivity contribution in [3.05, 3.63) is 34.3 Å². The first kappa shape index (κ1) is 13.2. The molecular formula is C13H15BrN2O2. The number of rotatable bonds is 3. The van der Waals surface area contributed by atoms with Crippen molar-refractivity contribution in [1.82, 2.24) is 10.6 Å². The number of amides is 1. The van der Waals surface area contributed by atoms with Gasteiger partial charge in [-0.2, -0.15) is 0 Å². The van der Waals surface area contributed by atoms with Crippen LogP contribution in [0.15, 0.2) is 28.7 Å². The summed E-state index contributed by atoms with van der Waals surface area (Å²) in [4.78, 5) is 23.8. The van der Waals surface area contributed by atoms with Gasteiger partial charge in [0.2, 0.25) is 5.91 Å². The highest BCUT2D eigenvalue weighted by Crippen LogP contribution is 2.24. The van der Waals surface area contributed by atoms with E-state index in [1.807, 2.05) is 18.2 Å². The molecule has 0 saturated carbocycles. The summed E-state index contributed by atoms with van der Waals surface area (Å²) in [7, 11) is 1.60. The molecule has 2 rings (SSSR count). The largest absolute Gasteiger partial charge is 0.358 e. The Kier molecular flexibility index (Phi) is 4.14. The molecule has 2 unspecified atom stereocenters. The second-order valence-electron chi connectivity index (χ2n) is 4.35. The molecule has 18 heavy (non-hydrogen) atoms. The van der Waals surface area contributed by atoms with Crippen LogP contribution in [0.25, 0.3) is 0 Å². The standard InChI is InChI=1S/C13H15BrN2O2/c1-15-13(18)11-6-8(7-16-11)12(17)9-4-2-3-5-10(9)14/h2-5,8,11,16H,6-7H2,1H3,(H,15,18). The summed E-state index contributed by atoms with van der Waals surface area (Å²) in [5.41, 5.74) is 0.682. The van der Waals surface area contributed by atoms with E-state index < -0.39 is 0 Å². The van der Waals surface area contributed by atoms with E-state index in [1.54, 1.807) is 13.1 Å². The maximum atomic E-state index is 12.3. The predicted octanol–water partition coefficient (Wildman–Crippen LogP) is 1.36. The van der Waals surface area contributed by atoms with Crippen molar-refractivity contribution >= 4 is 27.6 Å². The van der Waals surface area contributed by atoms with Crippen molar-refractivity contribution in [2.75, 3.05) is 13.6 Å². The lowest BCUT2D eigenvalue weighted by Crippen LogP contribution is -2.38. The maximum absolute atomic E-state index is 12.3. The first-order valence-electron chi connectivity index (χ1n) is 5.87. The Morgan fingerprint density at radius 1 is 1.39 bits per heavy atom. The fraction of sp³-hybridized carbons (Fsp3) is 0.385. The summed E-state index contributed by atoms with van der Waals surface area (Å²) in [5.74, 6) is -0.107. The van der Waals surface area contributed by atoms with Gasteiger partial charge in [-0.1, -0.05) is 34.1 Å². The third-order valence-electron chi connectivity index (χ3n) is 3.20. The lowest BCUT2D eigenvalue weighted by molar-refractivity contribution is -0.122. The van der Waals surface area contributed by atoms with Gasteiger partial charge in [0.15, 0.2) is 5.78 Å². The summed E-state index contributed by atoms with van der Waals surface area (Å²) in [6, 6.07) is 7.12. The molecule has 96 valence electrons. The van der Waals surface area contributed by atoms with Crippen LogP contribution in [0.5, 0.6) is 0 Å². The molecule has 1 amide bonds. The number of carbonyl (C=O) groups excluding carboxylic acids is 2. The van der Waals surface area contributed by atoms with Gasteiger partial charge in [0.1, 0.15) is 0 Å². The lowest BCUT2D eigenvalue weighted by atomic mass is 9.95. The Bertz CT molecular complexity index is 476. The van der Waals surface area contributed by atoms with Gasteiger partial charge in [0.05, 0.1) is 6.04 Å². The molecule has 1 heterocycles. The minimum Gasteiger partial charge on any atom is -0.358 e. The molecule has 0 radical (unpaired) electrons. The topological polar surface area (TPSA) is 58.2 Å². The summed E-state index contributed by atoms with van der Waals surface area (Å²) < 4.78 is 0.804. The molecule has 5 heteroatoms. The maximum Gasteiger partial charge on any atom is 0.236 e. The minimum atomic E-state index is -0.258. The molecule has 2 atom stereocenters. The summed E-state index contributed by atoms with van der Waals surface area (Å²) in [6.45, 7) is 0.554. The van der Waals surface area contributed by atoms with Crippen LogP contribution < -0.4 is 10.6 Å². The summed E-state index contributed by atoms with van der Waals surface area (Å²) in [5, 5.41) is 5.67. The highest BCUT2D eigenvalue weighted by Gasteiger charge is 2.33. The van der Waals surface area contributed by atoms with Crippen molar-refractivity contribution in [3.8, 4) is 0 Å². The summed E-state index contributed by atoms with van der Waals surface area (Å²) in [6.07, 6.45) is 0.555. The van der Waals surface area contributed by atoms with E-state index >= 15 is 0 Å². The number of likely N-dealkylation sites (N-methyl/N-ethyl adjacent to an activating group) is 1. The SMILES string of the molecule is CNC(=O)C1CC(C(=O)c2ccccc2Br)CN1. The zero-order valence-electron chi connectivity index (χ0n) is 10.1. The molecule has 0 spiro atoms. The zero-order chi connectivity index (χ0) is 13.1. The van der Waals surface area contributed by atoms with Crippen molar-refractivity contribution in [1.29, 1.82) is 0 Å². The Morgan fingerprint density at radius 3 is 2.78 bits per heavy atom. The molecule has 0 bridgehead atoms. The van der Waals surface area contributed by atoms with Gasteiger partial charge >= 0.3 is 0 Å². The molecule has 0 aromatic heterocycles. The van der Waals surface area contributed by atoms with E-state index in [0.29, 0.717) is 18.5 Å². The van der Waals surface area contributed by atoms with Crippen LogP contribution in [0, 0.1) is 5.92 Å². The second-order valence-corrected chi connectivity index (χ2v) is 5.21. The Morgan fingerprint density at radius 2 is 2.11 bits per heavy atom.